The summed E-state index contributed by atoms with van der Waals surface area (Å²) in [7, 11) is 0. The predicted molar refractivity (Wildman–Crippen MR) is 113 cm³/mol. The van der Waals surface area contributed by atoms with Crippen molar-refractivity contribution < 1.29 is 9.90 Å². The van der Waals surface area contributed by atoms with Gasteiger partial charge in [0.05, 0.1) is 5.56 Å². The molecule has 1 unspecified atom stereocenters. The second kappa shape index (κ2) is 9.45. The van der Waals surface area contributed by atoms with Gasteiger partial charge in [0, 0.05) is 36.8 Å². The van der Waals surface area contributed by atoms with E-state index in [2.05, 4.69) is 25.8 Å². The summed E-state index contributed by atoms with van der Waals surface area (Å²) in [6, 6.07) is 9.46. The average molecular weight is 393 g/mol. The molecule has 6 nitrogen and oxygen atoms in total. The molecule has 3 rings (SSSR count). The smallest absolute Gasteiger partial charge is 0.336 e. The van der Waals surface area contributed by atoms with Gasteiger partial charge in [0.1, 0.15) is 5.82 Å². The van der Waals surface area contributed by atoms with E-state index in [-0.39, 0.29) is 5.56 Å². The first-order valence-corrected chi connectivity index (χ1v) is 10.2. The van der Waals surface area contributed by atoms with E-state index in [1.807, 2.05) is 28.9 Å². The third-order valence-electron chi connectivity index (χ3n) is 5.22. The van der Waals surface area contributed by atoms with Crippen LogP contribution in [0.5, 0.6) is 0 Å². The Labute approximate surface area is 171 Å². The first kappa shape index (κ1) is 20.7. The lowest BCUT2D eigenvalue weighted by Gasteiger charge is -2.08. The third kappa shape index (κ3) is 4.88. The standard InChI is InChI=1S/C23H28N4O2/c1-4-6-13-27-21(25-22(26-27)16(3)5-2)14-17-7-9-18(10-8-17)20-15-24-12-11-19(20)23(28)29/h7-12,15-16H,4-6,13-14H2,1-3H3,(H,28,29). The van der Waals surface area contributed by atoms with Gasteiger partial charge in [-0.1, -0.05) is 51.5 Å². The van der Waals surface area contributed by atoms with Crippen LogP contribution in [0.2, 0.25) is 0 Å². The van der Waals surface area contributed by atoms with Crippen LogP contribution in [-0.2, 0) is 13.0 Å². The number of rotatable bonds is 9. The highest BCUT2D eigenvalue weighted by atomic mass is 16.4. The topological polar surface area (TPSA) is 80.9 Å². The quantitative estimate of drug-likeness (QED) is 0.558. The molecule has 0 bridgehead atoms. The fourth-order valence-electron chi connectivity index (χ4n) is 3.20. The molecule has 2 heterocycles. The number of pyridine rings is 1. The lowest BCUT2D eigenvalue weighted by Crippen LogP contribution is -2.07. The maximum Gasteiger partial charge on any atom is 0.336 e. The summed E-state index contributed by atoms with van der Waals surface area (Å²) in [6.07, 6.45) is 7.00. The van der Waals surface area contributed by atoms with E-state index >= 15 is 0 Å². The van der Waals surface area contributed by atoms with Crippen molar-refractivity contribution in [2.24, 2.45) is 0 Å². The molecule has 0 aliphatic carbocycles. The van der Waals surface area contributed by atoms with Crippen LogP contribution in [0, 0.1) is 0 Å². The first-order valence-electron chi connectivity index (χ1n) is 10.2. The Morgan fingerprint density at radius 1 is 1.17 bits per heavy atom. The molecule has 0 amide bonds. The van der Waals surface area contributed by atoms with Crippen molar-refractivity contribution in [2.45, 2.75) is 58.9 Å². The van der Waals surface area contributed by atoms with Crippen LogP contribution in [0.15, 0.2) is 42.7 Å². The molecule has 1 atom stereocenters. The van der Waals surface area contributed by atoms with Crippen molar-refractivity contribution in [1.82, 2.24) is 19.7 Å². The Hall–Kier alpha value is -3.02. The maximum atomic E-state index is 11.5. The van der Waals surface area contributed by atoms with E-state index in [1.165, 1.54) is 12.3 Å². The van der Waals surface area contributed by atoms with Crippen LogP contribution >= 0.6 is 0 Å². The highest BCUT2D eigenvalue weighted by molar-refractivity contribution is 5.95. The molecule has 1 aromatic carbocycles. The number of hydrogen-bond acceptors (Lipinski definition) is 4. The zero-order valence-electron chi connectivity index (χ0n) is 17.3. The molecular weight excluding hydrogens is 364 g/mol. The summed E-state index contributed by atoms with van der Waals surface area (Å²) in [5.74, 6) is 1.29. The van der Waals surface area contributed by atoms with E-state index in [0.29, 0.717) is 17.9 Å². The molecule has 29 heavy (non-hydrogen) atoms. The molecule has 1 N–H and O–H groups in total. The Balaban J connectivity index is 1.84. The lowest BCUT2D eigenvalue weighted by molar-refractivity contribution is 0.0697. The minimum atomic E-state index is -0.951. The summed E-state index contributed by atoms with van der Waals surface area (Å²) in [6.45, 7) is 7.37. The van der Waals surface area contributed by atoms with Gasteiger partial charge in [-0.05, 0) is 30.0 Å². The molecule has 6 heteroatoms. The number of carboxylic acid groups (broad SMARTS) is 1. The van der Waals surface area contributed by atoms with Gasteiger partial charge in [0.15, 0.2) is 5.82 Å². The van der Waals surface area contributed by atoms with Gasteiger partial charge in [0.2, 0.25) is 0 Å². The van der Waals surface area contributed by atoms with Gasteiger partial charge in [-0.3, -0.25) is 4.98 Å². The van der Waals surface area contributed by atoms with Crippen LogP contribution in [0.3, 0.4) is 0 Å². The number of nitrogens with zero attached hydrogens (tertiary/aromatic N) is 4. The number of unbranched alkanes of at least 4 members (excludes halogenated alkanes) is 1. The second-order valence-corrected chi connectivity index (χ2v) is 7.37. The number of aromatic carboxylic acids is 1. The number of carbonyl (C=O) groups is 1. The minimum Gasteiger partial charge on any atom is -0.478 e. The Morgan fingerprint density at radius 3 is 2.59 bits per heavy atom. The Morgan fingerprint density at radius 2 is 1.93 bits per heavy atom. The first-order chi connectivity index (χ1) is 14.0. The van der Waals surface area contributed by atoms with Crippen LogP contribution in [0.25, 0.3) is 11.1 Å². The lowest BCUT2D eigenvalue weighted by atomic mass is 10.00. The molecule has 0 fully saturated rings. The summed E-state index contributed by atoms with van der Waals surface area (Å²) in [4.78, 5) is 20.4. The molecule has 0 aliphatic rings. The molecule has 152 valence electrons. The van der Waals surface area contributed by atoms with Crippen molar-refractivity contribution in [3.05, 3.63) is 65.5 Å². The van der Waals surface area contributed by atoms with E-state index in [4.69, 9.17) is 10.1 Å². The van der Waals surface area contributed by atoms with Crippen molar-refractivity contribution in [2.75, 3.05) is 0 Å². The molecule has 0 aliphatic heterocycles. The van der Waals surface area contributed by atoms with Crippen LogP contribution in [0.1, 0.15) is 73.5 Å². The third-order valence-corrected chi connectivity index (χ3v) is 5.22. The van der Waals surface area contributed by atoms with Crippen LogP contribution in [-0.4, -0.2) is 30.8 Å². The molecule has 0 radical (unpaired) electrons. The van der Waals surface area contributed by atoms with Crippen molar-refractivity contribution >= 4 is 5.97 Å². The Bertz CT molecular complexity index is 963. The number of benzene rings is 1. The fraction of sp³-hybridized carbons (Fsp3) is 0.391. The predicted octanol–water partition coefficient (Wildman–Crippen LogP) is 4.94. The zero-order valence-corrected chi connectivity index (χ0v) is 17.3. The number of carboxylic acids is 1. The van der Waals surface area contributed by atoms with E-state index in [9.17, 15) is 9.90 Å². The maximum absolute atomic E-state index is 11.5. The second-order valence-electron chi connectivity index (χ2n) is 7.37. The normalized spacial score (nSPS) is 12.1. The number of hydrogen-bond donors (Lipinski definition) is 1. The van der Waals surface area contributed by atoms with Gasteiger partial charge >= 0.3 is 5.97 Å². The molecule has 3 aromatic rings. The summed E-state index contributed by atoms with van der Waals surface area (Å²) in [5.41, 5.74) is 2.84. The van der Waals surface area contributed by atoms with E-state index in [1.54, 1.807) is 6.20 Å². The zero-order chi connectivity index (χ0) is 20.8. The summed E-state index contributed by atoms with van der Waals surface area (Å²) >= 11 is 0. The van der Waals surface area contributed by atoms with Crippen molar-refractivity contribution in [1.29, 1.82) is 0 Å². The van der Waals surface area contributed by atoms with Crippen molar-refractivity contribution in [3.63, 3.8) is 0 Å². The van der Waals surface area contributed by atoms with E-state index < -0.39 is 5.97 Å². The number of aromatic nitrogens is 4. The minimum absolute atomic E-state index is 0.255. The number of aryl methyl sites for hydroxylation is 1. The fourth-order valence-corrected chi connectivity index (χ4v) is 3.20. The van der Waals surface area contributed by atoms with Gasteiger partial charge < -0.3 is 5.11 Å². The van der Waals surface area contributed by atoms with Gasteiger partial charge in [-0.2, -0.15) is 5.10 Å². The van der Waals surface area contributed by atoms with Crippen LogP contribution in [0.4, 0.5) is 0 Å². The largest absolute Gasteiger partial charge is 0.478 e. The van der Waals surface area contributed by atoms with Crippen molar-refractivity contribution in [3.8, 4) is 11.1 Å². The summed E-state index contributed by atoms with van der Waals surface area (Å²) < 4.78 is 2.04. The SMILES string of the molecule is CCCCn1nc(C(C)CC)nc1Cc1ccc(-c2cnccc2C(=O)O)cc1. The molecule has 0 saturated heterocycles. The highest BCUT2D eigenvalue weighted by Gasteiger charge is 2.15. The molecule has 2 aromatic heterocycles. The molecule has 0 spiro atoms. The van der Waals surface area contributed by atoms with Gasteiger partial charge in [-0.15, -0.1) is 0 Å². The summed E-state index contributed by atoms with van der Waals surface area (Å²) in [5, 5.41) is 14.1. The Kier molecular flexibility index (Phi) is 6.75. The monoisotopic (exact) mass is 392 g/mol. The van der Waals surface area contributed by atoms with Gasteiger partial charge in [-0.25, -0.2) is 14.5 Å². The van der Waals surface area contributed by atoms with Gasteiger partial charge in [0.25, 0.3) is 0 Å². The molecule has 0 saturated carbocycles. The average Bonchev–Trinajstić information content (AvgIpc) is 3.14. The van der Waals surface area contributed by atoms with Crippen LogP contribution < -0.4 is 0 Å². The van der Waals surface area contributed by atoms with E-state index in [0.717, 1.165) is 48.6 Å². The molecular formula is C23H28N4O2. The highest BCUT2D eigenvalue weighted by Crippen LogP contribution is 2.24.